The second kappa shape index (κ2) is 6.65. The second-order valence-electron chi connectivity index (χ2n) is 3.84. The van der Waals surface area contributed by atoms with Gasteiger partial charge >= 0.3 is 0 Å². The third-order valence-electron chi connectivity index (χ3n) is 2.61. The molecule has 0 fully saturated rings. The Morgan fingerprint density at radius 2 is 1.84 bits per heavy atom. The number of pyridine rings is 1. The van der Waals surface area contributed by atoms with Gasteiger partial charge < -0.3 is 14.8 Å². The Bertz CT molecular complexity index is 497. The molecule has 0 aromatic carbocycles. The van der Waals surface area contributed by atoms with Gasteiger partial charge in [0.15, 0.2) is 0 Å². The maximum atomic E-state index is 5.21. The highest BCUT2D eigenvalue weighted by Gasteiger charge is 2.12. The van der Waals surface area contributed by atoms with Crippen LogP contribution in [0.1, 0.15) is 11.1 Å². The molecular formula is C13H16N4O2. The molecule has 0 aliphatic heterocycles. The first-order chi connectivity index (χ1) is 9.35. The monoisotopic (exact) mass is 260 g/mol. The first kappa shape index (κ1) is 13.2. The van der Waals surface area contributed by atoms with Crippen LogP contribution in [-0.4, -0.2) is 29.2 Å². The molecule has 0 spiro atoms. The molecule has 0 saturated carbocycles. The van der Waals surface area contributed by atoms with Crippen molar-refractivity contribution in [3.63, 3.8) is 0 Å². The smallest absolute Gasteiger partial charge is 0.224 e. The summed E-state index contributed by atoms with van der Waals surface area (Å²) in [5.41, 5.74) is 1.91. The van der Waals surface area contributed by atoms with Gasteiger partial charge in [0.25, 0.3) is 0 Å². The molecule has 0 bridgehead atoms. The summed E-state index contributed by atoms with van der Waals surface area (Å²) in [6.07, 6.45) is 4.99. The fourth-order valence-corrected chi connectivity index (χ4v) is 1.72. The van der Waals surface area contributed by atoms with Gasteiger partial charge in [-0.15, -0.1) is 0 Å². The first-order valence-electron chi connectivity index (χ1n) is 5.86. The summed E-state index contributed by atoms with van der Waals surface area (Å²) in [6, 6.07) is 3.92. The van der Waals surface area contributed by atoms with Crippen molar-refractivity contribution in [2.45, 2.75) is 13.1 Å². The lowest BCUT2D eigenvalue weighted by molar-refractivity contribution is 0.359. The molecule has 2 heterocycles. The second-order valence-corrected chi connectivity index (χ2v) is 3.84. The summed E-state index contributed by atoms with van der Waals surface area (Å²) in [6.45, 7) is 1.26. The van der Waals surface area contributed by atoms with Crippen LogP contribution < -0.4 is 14.8 Å². The van der Waals surface area contributed by atoms with Crippen molar-refractivity contribution in [1.82, 2.24) is 20.3 Å². The van der Waals surface area contributed by atoms with Gasteiger partial charge in [0.05, 0.1) is 19.8 Å². The number of ether oxygens (including phenoxy) is 2. The van der Waals surface area contributed by atoms with Gasteiger partial charge in [-0.05, 0) is 11.6 Å². The van der Waals surface area contributed by atoms with Crippen molar-refractivity contribution in [2.24, 2.45) is 0 Å². The molecule has 0 aliphatic carbocycles. The number of methoxy groups -OCH3 is 2. The lowest BCUT2D eigenvalue weighted by atomic mass is 10.2. The van der Waals surface area contributed by atoms with Gasteiger partial charge in [-0.25, -0.2) is 9.97 Å². The summed E-state index contributed by atoms with van der Waals surface area (Å²) in [4.78, 5) is 12.2. The van der Waals surface area contributed by atoms with E-state index in [1.807, 2.05) is 18.3 Å². The van der Waals surface area contributed by atoms with Crippen LogP contribution in [0.15, 0.2) is 30.9 Å². The third kappa shape index (κ3) is 3.38. The fourth-order valence-electron chi connectivity index (χ4n) is 1.72. The van der Waals surface area contributed by atoms with Crippen LogP contribution in [-0.2, 0) is 13.1 Å². The van der Waals surface area contributed by atoms with Crippen LogP contribution in [0.25, 0.3) is 0 Å². The van der Waals surface area contributed by atoms with Crippen molar-refractivity contribution in [1.29, 1.82) is 0 Å². The van der Waals surface area contributed by atoms with Crippen molar-refractivity contribution in [3.05, 3.63) is 42.0 Å². The molecule has 2 rings (SSSR count). The van der Waals surface area contributed by atoms with E-state index < -0.39 is 0 Å². The van der Waals surface area contributed by atoms with Gasteiger partial charge in [-0.2, -0.15) is 0 Å². The average Bonchev–Trinajstić information content (AvgIpc) is 2.48. The standard InChI is InChI=1S/C13H16N4O2/c1-18-12-11(13(19-2)17-9-16-12)8-15-7-10-4-3-5-14-6-10/h3-6,9,15H,7-8H2,1-2H3. The van der Waals surface area contributed by atoms with E-state index in [9.17, 15) is 0 Å². The third-order valence-corrected chi connectivity index (χ3v) is 2.61. The number of hydrogen-bond acceptors (Lipinski definition) is 6. The van der Waals surface area contributed by atoms with E-state index in [2.05, 4.69) is 20.3 Å². The molecule has 0 atom stereocenters. The van der Waals surface area contributed by atoms with Gasteiger partial charge in [-0.3, -0.25) is 4.98 Å². The molecule has 19 heavy (non-hydrogen) atoms. The maximum Gasteiger partial charge on any atom is 0.224 e. The Morgan fingerprint density at radius 3 is 2.42 bits per heavy atom. The Labute approximate surface area is 111 Å². The molecule has 0 amide bonds. The normalized spacial score (nSPS) is 10.2. The molecule has 100 valence electrons. The van der Waals surface area contributed by atoms with E-state index in [0.29, 0.717) is 24.8 Å². The minimum absolute atomic E-state index is 0.519. The number of nitrogens with zero attached hydrogens (tertiary/aromatic N) is 3. The van der Waals surface area contributed by atoms with Gasteiger partial charge in [0.1, 0.15) is 6.33 Å². The Kier molecular flexibility index (Phi) is 4.63. The minimum atomic E-state index is 0.519. The van der Waals surface area contributed by atoms with E-state index in [1.165, 1.54) is 6.33 Å². The number of nitrogens with one attached hydrogen (secondary N) is 1. The lowest BCUT2D eigenvalue weighted by Crippen LogP contribution is -2.15. The van der Waals surface area contributed by atoms with Crippen molar-refractivity contribution >= 4 is 0 Å². The molecule has 0 unspecified atom stereocenters. The molecule has 6 nitrogen and oxygen atoms in total. The highest BCUT2D eigenvalue weighted by atomic mass is 16.5. The molecule has 2 aromatic heterocycles. The average molecular weight is 260 g/mol. The zero-order chi connectivity index (χ0) is 13.5. The van der Waals surface area contributed by atoms with E-state index >= 15 is 0 Å². The van der Waals surface area contributed by atoms with Crippen molar-refractivity contribution in [2.75, 3.05) is 14.2 Å². The predicted molar refractivity (Wildman–Crippen MR) is 69.9 cm³/mol. The van der Waals surface area contributed by atoms with E-state index in [4.69, 9.17) is 9.47 Å². The van der Waals surface area contributed by atoms with Gasteiger partial charge in [0, 0.05) is 25.5 Å². The van der Waals surface area contributed by atoms with Crippen LogP contribution in [0, 0.1) is 0 Å². The SMILES string of the molecule is COc1ncnc(OC)c1CNCc1cccnc1. The summed E-state index contributed by atoms with van der Waals surface area (Å²) in [5.74, 6) is 1.04. The molecular weight excluding hydrogens is 244 g/mol. The summed E-state index contributed by atoms with van der Waals surface area (Å²) < 4.78 is 10.4. The van der Waals surface area contributed by atoms with Crippen LogP contribution in [0.3, 0.4) is 0 Å². The molecule has 0 radical (unpaired) electrons. The summed E-state index contributed by atoms with van der Waals surface area (Å²) >= 11 is 0. The lowest BCUT2D eigenvalue weighted by Gasteiger charge is -2.11. The Hall–Kier alpha value is -2.21. The number of aromatic nitrogens is 3. The highest BCUT2D eigenvalue weighted by molar-refractivity contribution is 5.34. The largest absolute Gasteiger partial charge is 0.481 e. The highest BCUT2D eigenvalue weighted by Crippen LogP contribution is 2.22. The first-order valence-corrected chi connectivity index (χ1v) is 5.86. The zero-order valence-electron chi connectivity index (χ0n) is 11.0. The number of hydrogen-bond donors (Lipinski definition) is 1. The Morgan fingerprint density at radius 1 is 1.11 bits per heavy atom. The molecule has 6 heteroatoms. The maximum absolute atomic E-state index is 5.21. The zero-order valence-corrected chi connectivity index (χ0v) is 11.0. The van der Waals surface area contributed by atoms with Gasteiger partial charge in [0.2, 0.25) is 11.8 Å². The molecule has 0 saturated heterocycles. The van der Waals surface area contributed by atoms with Crippen molar-refractivity contribution in [3.8, 4) is 11.8 Å². The predicted octanol–water partition coefficient (Wildman–Crippen LogP) is 1.18. The molecule has 1 N–H and O–H groups in total. The van der Waals surface area contributed by atoms with E-state index in [1.54, 1.807) is 20.4 Å². The van der Waals surface area contributed by atoms with Crippen LogP contribution in [0.4, 0.5) is 0 Å². The Balaban J connectivity index is 2.02. The quantitative estimate of drug-likeness (QED) is 0.841. The minimum Gasteiger partial charge on any atom is -0.481 e. The van der Waals surface area contributed by atoms with E-state index in [0.717, 1.165) is 11.1 Å². The molecule has 2 aromatic rings. The topological polar surface area (TPSA) is 69.2 Å². The van der Waals surface area contributed by atoms with Gasteiger partial charge in [-0.1, -0.05) is 6.07 Å². The van der Waals surface area contributed by atoms with Crippen LogP contribution in [0.2, 0.25) is 0 Å². The van der Waals surface area contributed by atoms with Crippen molar-refractivity contribution < 1.29 is 9.47 Å². The van der Waals surface area contributed by atoms with Crippen LogP contribution >= 0.6 is 0 Å². The number of rotatable bonds is 6. The van der Waals surface area contributed by atoms with Crippen LogP contribution in [0.5, 0.6) is 11.8 Å². The summed E-state index contributed by atoms with van der Waals surface area (Å²) in [7, 11) is 3.15. The van der Waals surface area contributed by atoms with E-state index in [-0.39, 0.29) is 0 Å². The summed E-state index contributed by atoms with van der Waals surface area (Å²) in [5, 5.41) is 3.29. The fraction of sp³-hybridized carbons (Fsp3) is 0.308. The molecule has 0 aliphatic rings.